The topological polar surface area (TPSA) is 27.3 Å². The van der Waals surface area contributed by atoms with Crippen molar-refractivity contribution in [3.05, 3.63) is 21.4 Å². The van der Waals surface area contributed by atoms with Crippen LogP contribution in [0.3, 0.4) is 0 Å². The van der Waals surface area contributed by atoms with E-state index in [4.69, 9.17) is 0 Å². The van der Waals surface area contributed by atoms with Gasteiger partial charge in [-0.05, 0) is 25.5 Å². The van der Waals surface area contributed by atoms with Gasteiger partial charge in [0.05, 0.1) is 0 Å². The van der Waals surface area contributed by atoms with Crippen LogP contribution in [0.25, 0.3) is 0 Å². The van der Waals surface area contributed by atoms with Crippen molar-refractivity contribution in [3.8, 4) is 0 Å². The summed E-state index contributed by atoms with van der Waals surface area (Å²) in [7, 11) is 0. The Kier molecular flexibility index (Phi) is 4.98. The molecule has 1 aromatic rings. The lowest BCUT2D eigenvalue weighted by Gasteiger charge is -2.27. The minimum atomic E-state index is 1.02. The van der Waals surface area contributed by atoms with Gasteiger partial charge in [-0.25, -0.2) is 0 Å². The molecule has 2 heterocycles. The highest BCUT2D eigenvalue weighted by molar-refractivity contribution is 7.12. The maximum absolute atomic E-state index is 3.54. The quantitative estimate of drug-likeness (QED) is 0.776. The van der Waals surface area contributed by atoms with Crippen LogP contribution in [0.15, 0.2) is 6.07 Å². The van der Waals surface area contributed by atoms with Gasteiger partial charge in [-0.3, -0.25) is 4.90 Å². The first-order valence-corrected chi connectivity index (χ1v) is 7.27. The maximum atomic E-state index is 3.54. The molecule has 0 spiro atoms. The Hall–Kier alpha value is -0.420. The lowest BCUT2D eigenvalue weighted by Crippen LogP contribution is -2.45. The van der Waals surface area contributed by atoms with Crippen LogP contribution in [0, 0.1) is 13.8 Å². The molecular weight excluding hydrogens is 230 g/mol. The first-order chi connectivity index (χ1) is 8.25. The first kappa shape index (κ1) is 13.0. The predicted octanol–water partition coefficient (Wildman–Crippen LogP) is 1.36. The molecule has 4 heteroatoms. The van der Waals surface area contributed by atoms with E-state index < -0.39 is 0 Å². The van der Waals surface area contributed by atoms with Gasteiger partial charge in [-0.15, -0.1) is 11.3 Å². The van der Waals surface area contributed by atoms with E-state index in [0.717, 1.165) is 26.2 Å². The molecule has 0 atom stereocenters. The zero-order chi connectivity index (χ0) is 12.1. The van der Waals surface area contributed by atoms with E-state index in [9.17, 15) is 0 Å². The van der Waals surface area contributed by atoms with Gasteiger partial charge in [0.2, 0.25) is 0 Å². The van der Waals surface area contributed by atoms with Crippen molar-refractivity contribution in [1.82, 2.24) is 15.5 Å². The van der Waals surface area contributed by atoms with Crippen LogP contribution in [0.1, 0.15) is 15.3 Å². The van der Waals surface area contributed by atoms with E-state index in [1.807, 2.05) is 11.3 Å². The van der Waals surface area contributed by atoms with Gasteiger partial charge >= 0.3 is 0 Å². The summed E-state index contributed by atoms with van der Waals surface area (Å²) in [6, 6.07) is 2.30. The fraction of sp³-hybridized carbons (Fsp3) is 0.692. The van der Waals surface area contributed by atoms with Gasteiger partial charge in [0.15, 0.2) is 0 Å². The Morgan fingerprint density at radius 2 is 2.12 bits per heavy atom. The summed E-state index contributed by atoms with van der Waals surface area (Å²) in [4.78, 5) is 5.43. The number of rotatable bonds is 5. The molecular formula is C13H23N3S. The van der Waals surface area contributed by atoms with Crippen LogP contribution in [0.4, 0.5) is 0 Å². The highest BCUT2D eigenvalue weighted by Gasteiger charge is 2.08. The number of nitrogens with one attached hydrogen (secondary N) is 2. The van der Waals surface area contributed by atoms with Crippen molar-refractivity contribution < 1.29 is 0 Å². The lowest BCUT2D eigenvalue weighted by atomic mass is 10.3. The van der Waals surface area contributed by atoms with Gasteiger partial charge in [0.25, 0.3) is 0 Å². The molecule has 0 unspecified atom stereocenters. The standard InChI is InChI=1S/C13H23N3S/c1-11-9-13(17-12(11)2)10-15-5-8-16-6-3-14-4-7-16/h9,14-15H,3-8,10H2,1-2H3. The summed E-state index contributed by atoms with van der Waals surface area (Å²) in [6.45, 7) is 12.3. The van der Waals surface area contributed by atoms with Crippen molar-refractivity contribution in [1.29, 1.82) is 0 Å². The van der Waals surface area contributed by atoms with Crippen molar-refractivity contribution >= 4 is 11.3 Å². The molecule has 0 aliphatic carbocycles. The molecule has 1 saturated heterocycles. The first-order valence-electron chi connectivity index (χ1n) is 6.45. The Labute approximate surface area is 108 Å². The van der Waals surface area contributed by atoms with Gasteiger partial charge in [0.1, 0.15) is 0 Å². The number of hydrogen-bond acceptors (Lipinski definition) is 4. The Balaban J connectivity index is 1.62. The van der Waals surface area contributed by atoms with E-state index in [2.05, 4.69) is 35.4 Å². The van der Waals surface area contributed by atoms with E-state index in [1.54, 1.807) is 0 Å². The van der Waals surface area contributed by atoms with Crippen molar-refractivity contribution in [2.75, 3.05) is 39.3 Å². The van der Waals surface area contributed by atoms with Gasteiger partial charge in [-0.1, -0.05) is 0 Å². The number of hydrogen-bond donors (Lipinski definition) is 2. The van der Waals surface area contributed by atoms with Crippen LogP contribution in [0.2, 0.25) is 0 Å². The summed E-state index contributed by atoms with van der Waals surface area (Å²) < 4.78 is 0. The summed E-state index contributed by atoms with van der Waals surface area (Å²) in [5.41, 5.74) is 1.42. The zero-order valence-corrected chi connectivity index (χ0v) is 11.7. The van der Waals surface area contributed by atoms with Crippen molar-refractivity contribution in [3.63, 3.8) is 0 Å². The van der Waals surface area contributed by atoms with Crippen molar-refractivity contribution in [2.24, 2.45) is 0 Å². The molecule has 0 radical (unpaired) electrons. The highest BCUT2D eigenvalue weighted by Crippen LogP contribution is 2.19. The molecule has 1 aliphatic rings. The van der Waals surface area contributed by atoms with Gasteiger partial charge < -0.3 is 10.6 Å². The van der Waals surface area contributed by atoms with E-state index in [0.29, 0.717) is 0 Å². The Morgan fingerprint density at radius 1 is 1.35 bits per heavy atom. The Bertz CT molecular complexity index is 323. The second kappa shape index (κ2) is 6.50. The summed E-state index contributed by atoms with van der Waals surface area (Å²) in [5.74, 6) is 0. The molecule has 1 fully saturated rings. The normalized spacial score (nSPS) is 17.5. The van der Waals surface area contributed by atoms with Crippen LogP contribution < -0.4 is 10.6 Å². The lowest BCUT2D eigenvalue weighted by molar-refractivity contribution is 0.241. The molecule has 0 amide bonds. The molecule has 0 saturated carbocycles. The predicted molar refractivity (Wildman–Crippen MR) is 74.8 cm³/mol. The third kappa shape index (κ3) is 4.07. The second-order valence-corrected chi connectivity index (χ2v) is 6.06. The minimum Gasteiger partial charge on any atom is -0.314 e. The van der Waals surface area contributed by atoms with E-state index in [1.165, 1.54) is 35.0 Å². The fourth-order valence-corrected chi connectivity index (χ4v) is 3.14. The molecule has 2 rings (SSSR count). The number of nitrogens with zero attached hydrogens (tertiary/aromatic N) is 1. The van der Waals surface area contributed by atoms with Gasteiger partial charge in [0, 0.05) is 55.6 Å². The summed E-state index contributed by atoms with van der Waals surface area (Å²) >= 11 is 1.91. The van der Waals surface area contributed by atoms with Crippen LogP contribution >= 0.6 is 11.3 Å². The monoisotopic (exact) mass is 253 g/mol. The fourth-order valence-electron chi connectivity index (χ4n) is 2.12. The maximum Gasteiger partial charge on any atom is 0.0300 e. The highest BCUT2D eigenvalue weighted by atomic mass is 32.1. The number of thiophene rings is 1. The van der Waals surface area contributed by atoms with Crippen LogP contribution in [0.5, 0.6) is 0 Å². The Morgan fingerprint density at radius 3 is 2.76 bits per heavy atom. The molecule has 3 nitrogen and oxygen atoms in total. The summed E-state index contributed by atoms with van der Waals surface area (Å²) in [6.07, 6.45) is 0. The average molecular weight is 253 g/mol. The molecule has 0 bridgehead atoms. The largest absolute Gasteiger partial charge is 0.314 e. The molecule has 96 valence electrons. The smallest absolute Gasteiger partial charge is 0.0300 e. The zero-order valence-electron chi connectivity index (χ0n) is 10.9. The van der Waals surface area contributed by atoms with Crippen LogP contribution in [-0.4, -0.2) is 44.2 Å². The molecule has 17 heavy (non-hydrogen) atoms. The van der Waals surface area contributed by atoms with Gasteiger partial charge in [-0.2, -0.15) is 0 Å². The molecule has 1 aromatic heterocycles. The number of piperazine rings is 1. The number of aryl methyl sites for hydroxylation is 2. The third-order valence-electron chi connectivity index (χ3n) is 3.33. The van der Waals surface area contributed by atoms with Crippen molar-refractivity contribution in [2.45, 2.75) is 20.4 Å². The summed E-state index contributed by atoms with van der Waals surface area (Å²) in [5, 5.41) is 6.92. The second-order valence-electron chi connectivity index (χ2n) is 4.72. The molecule has 0 aromatic carbocycles. The average Bonchev–Trinajstić information content (AvgIpc) is 2.66. The van der Waals surface area contributed by atoms with E-state index >= 15 is 0 Å². The molecule has 1 aliphatic heterocycles. The van der Waals surface area contributed by atoms with E-state index in [-0.39, 0.29) is 0 Å². The van der Waals surface area contributed by atoms with Crippen LogP contribution in [-0.2, 0) is 6.54 Å². The molecule has 2 N–H and O–H groups in total. The SMILES string of the molecule is Cc1cc(CNCCN2CCNCC2)sc1C. The minimum absolute atomic E-state index is 1.02. The third-order valence-corrected chi connectivity index (χ3v) is 4.48.